The summed E-state index contributed by atoms with van der Waals surface area (Å²) >= 11 is 14.2. The van der Waals surface area contributed by atoms with Crippen molar-refractivity contribution in [1.82, 2.24) is 5.32 Å². The maximum Gasteiger partial charge on any atom is 0.270 e. The highest BCUT2D eigenvalue weighted by molar-refractivity contribution is 9.10. The Morgan fingerprint density at radius 1 is 1.26 bits per heavy atom. The fraction of sp³-hybridized carbons (Fsp3) is 0. The van der Waals surface area contributed by atoms with Crippen LogP contribution >= 0.6 is 39.7 Å². The van der Waals surface area contributed by atoms with Gasteiger partial charge in [-0.15, -0.1) is 0 Å². The van der Waals surface area contributed by atoms with E-state index in [0.29, 0.717) is 11.4 Å². The summed E-state index contributed by atoms with van der Waals surface area (Å²) in [6, 6.07) is 10.1. The Bertz CT molecular complexity index is 862. The van der Waals surface area contributed by atoms with E-state index in [1.165, 1.54) is 17.0 Å². The number of nitrogens with zero attached hydrogens (tertiary/aromatic N) is 1. The third-order valence-electron chi connectivity index (χ3n) is 3.05. The second-order valence-electron chi connectivity index (χ2n) is 4.58. The number of rotatable bonds is 2. The van der Waals surface area contributed by atoms with Crippen molar-refractivity contribution in [2.75, 3.05) is 4.90 Å². The van der Waals surface area contributed by atoms with Crippen LogP contribution in [0.25, 0.3) is 6.08 Å². The summed E-state index contributed by atoms with van der Waals surface area (Å²) in [5.74, 6) is -0.821. The lowest BCUT2D eigenvalue weighted by Gasteiger charge is -2.28. The van der Waals surface area contributed by atoms with Crippen LogP contribution in [-0.4, -0.2) is 16.9 Å². The van der Waals surface area contributed by atoms with Gasteiger partial charge < -0.3 is 4.42 Å². The third-order valence-corrected chi connectivity index (χ3v) is 4.03. The molecular formula is C15H8BrClN2O3S. The third kappa shape index (κ3) is 3.21. The van der Waals surface area contributed by atoms with Crippen molar-refractivity contribution in [1.29, 1.82) is 0 Å². The molecule has 5 nitrogen and oxygen atoms in total. The fourth-order valence-corrected chi connectivity index (χ4v) is 2.88. The number of halogens is 2. The number of carbonyl (C=O) groups is 2. The zero-order chi connectivity index (χ0) is 16.6. The summed E-state index contributed by atoms with van der Waals surface area (Å²) in [6.07, 6.45) is 1.33. The highest BCUT2D eigenvalue weighted by atomic mass is 79.9. The van der Waals surface area contributed by atoms with E-state index in [-0.39, 0.29) is 15.9 Å². The van der Waals surface area contributed by atoms with Crippen LogP contribution in [0.5, 0.6) is 0 Å². The van der Waals surface area contributed by atoms with Crippen LogP contribution in [0.3, 0.4) is 0 Å². The van der Waals surface area contributed by atoms with Gasteiger partial charge in [-0.1, -0.05) is 22.0 Å². The molecule has 1 aliphatic heterocycles. The standard InChI is InChI=1S/C15H8BrClN2O3S/c16-8-2-1-3-9(6-8)19-14(21)11(13(20)18-15(19)23)7-10-4-5-12(17)22-10/h1-7H,(H,18,20,23)/b11-7+. The van der Waals surface area contributed by atoms with Gasteiger partial charge in [0.15, 0.2) is 10.3 Å². The number of hydrogen-bond donors (Lipinski definition) is 1. The van der Waals surface area contributed by atoms with Crippen molar-refractivity contribution in [3.63, 3.8) is 0 Å². The van der Waals surface area contributed by atoms with Crippen LogP contribution in [0.15, 0.2) is 50.9 Å². The zero-order valence-electron chi connectivity index (χ0n) is 11.4. The first-order chi connectivity index (χ1) is 11.0. The molecule has 2 aromatic rings. The SMILES string of the molecule is O=C1NC(=S)N(c2cccc(Br)c2)C(=O)/C1=C/c1ccc(Cl)o1. The summed E-state index contributed by atoms with van der Waals surface area (Å²) in [6.45, 7) is 0. The molecular weight excluding hydrogens is 404 g/mol. The second kappa shape index (κ2) is 6.27. The van der Waals surface area contributed by atoms with E-state index in [4.69, 9.17) is 28.2 Å². The van der Waals surface area contributed by atoms with E-state index in [0.717, 1.165) is 4.47 Å². The molecule has 1 N–H and O–H groups in total. The average Bonchev–Trinajstić information content (AvgIpc) is 2.89. The number of anilines is 1. The number of thiocarbonyl (C=S) groups is 1. The maximum absolute atomic E-state index is 12.7. The van der Waals surface area contributed by atoms with Gasteiger partial charge in [0, 0.05) is 4.47 Å². The topological polar surface area (TPSA) is 62.6 Å². The lowest BCUT2D eigenvalue weighted by Crippen LogP contribution is -2.54. The minimum Gasteiger partial charge on any atom is -0.445 e. The van der Waals surface area contributed by atoms with Crippen LogP contribution in [0.1, 0.15) is 5.76 Å². The molecule has 0 radical (unpaired) electrons. The van der Waals surface area contributed by atoms with Gasteiger partial charge >= 0.3 is 0 Å². The van der Waals surface area contributed by atoms with Gasteiger partial charge in [0.25, 0.3) is 11.8 Å². The monoisotopic (exact) mass is 410 g/mol. The van der Waals surface area contributed by atoms with Crippen LogP contribution in [-0.2, 0) is 9.59 Å². The Hall–Kier alpha value is -1.96. The summed E-state index contributed by atoms with van der Waals surface area (Å²) in [5, 5.41) is 2.68. The van der Waals surface area contributed by atoms with Crippen molar-refractivity contribution in [2.45, 2.75) is 0 Å². The quantitative estimate of drug-likeness (QED) is 0.466. The van der Waals surface area contributed by atoms with Gasteiger partial charge in [-0.05, 0) is 60.2 Å². The summed E-state index contributed by atoms with van der Waals surface area (Å²) in [5.41, 5.74) is 0.447. The molecule has 0 spiro atoms. The molecule has 1 fully saturated rings. The molecule has 0 bridgehead atoms. The van der Waals surface area contributed by atoms with Gasteiger partial charge in [0.2, 0.25) is 0 Å². The minimum absolute atomic E-state index is 0.0210. The average molecular weight is 412 g/mol. The van der Waals surface area contributed by atoms with Crippen LogP contribution < -0.4 is 10.2 Å². The number of nitrogens with one attached hydrogen (secondary N) is 1. The Morgan fingerprint density at radius 2 is 2.04 bits per heavy atom. The Kier molecular flexibility index (Phi) is 4.34. The van der Waals surface area contributed by atoms with Crippen molar-refractivity contribution in [2.24, 2.45) is 0 Å². The minimum atomic E-state index is -0.584. The molecule has 0 unspecified atom stereocenters. The molecule has 2 heterocycles. The molecule has 3 rings (SSSR count). The molecule has 0 atom stereocenters. The number of carbonyl (C=O) groups excluding carboxylic acids is 2. The van der Waals surface area contributed by atoms with Crippen LogP contribution in [0, 0.1) is 0 Å². The summed E-state index contributed by atoms with van der Waals surface area (Å²) in [4.78, 5) is 26.0. The Balaban J connectivity index is 2.02. The van der Waals surface area contributed by atoms with E-state index in [2.05, 4.69) is 21.2 Å². The number of amides is 2. The lowest BCUT2D eigenvalue weighted by molar-refractivity contribution is -0.122. The van der Waals surface area contributed by atoms with Crippen LogP contribution in [0.4, 0.5) is 5.69 Å². The van der Waals surface area contributed by atoms with Gasteiger partial charge in [0.05, 0.1) is 5.69 Å². The van der Waals surface area contributed by atoms with Gasteiger partial charge in [0.1, 0.15) is 11.3 Å². The Morgan fingerprint density at radius 3 is 2.70 bits per heavy atom. The van der Waals surface area contributed by atoms with Gasteiger partial charge in [-0.2, -0.15) is 0 Å². The normalized spacial score (nSPS) is 16.9. The van der Waals surface area contributed by atoms with E-state index in [1.807, 2.05) is 6.07 Å². The molecule has 1 aromatic heterocycles. The molecule has 1 aromatic carbocycles. The molecule has 1 aliphatic rings. The fourth-order valence-electron chi connectivity index (χ4n) is 2.06. The first-order valence-electron chi connectivity index (χ1n) is 6.38. The first kappa shape index (κ1) is 15.9. The van der Waals surface area contributed by atoms with Crippen molar-refractivity contribution < 1.29 is 14.0 Å². The smallest absolute Gasteiger partial charge is 0.270 e. The van der Waals surface area contributed by atoms with E-state index >= 15 is 0 Å². The molecule has 8 heteroatoms. The van der Waals surface area contributed by atoms with Crippen molar-refractivity contribution in [3.8, 4) is 0 Å². The lowest BCUT2D eigenvalue weighted by atomic mass is 10.1. The second-order valence-corrected chi connectivity index (χ2v) is 6.25. The van der Waals surface area contributed by atoms with Crippen LogP contribution in [0.2, 0.25) is 5.22 Å². The predicted molar refractivity (Wildman–Crippen MR) is 94.1 cm³/mol. The largest absolute Gasteiger partial charge is 0.445 e. The van der Waals surface area contributed by atoms with Gasteiger partial charge in [-0.25, -0.2) is 0 Å². The molecule has 0 aliphatic carbocycles. The highest BCUT2D eigenvalue weighted by Gasteiger charge is 2.34. The maximum atomic E-state index is 12.7. The number of furan rings is 1. The zero-order valence-corrected chi connectivity index (χ0v) is 14.5. The van der Waals surface area contributed by atoms with E-state index in [1.54, 1.807) is 24.3 Å². The van der Waals surface area contributed by atoms with E-state index < -0.39 is 11.8 Å². The molecule has 23 heavy (non-hydrogen) atoms. The van der Waals surface area contributed by atoms with Crippen molar-refractivity contribution >= 4 is 68.4 Å². The van der Waals surface area contributed by atoms with E-state index in [9.17, 15) is 9.59 Å². The molecule has 2 amide bonds. The molecule has 0 saturated carbocycles. The predicted octanol–water partition coefficient (Wildman–Crippen LogP) is 3.53. The molecule has 116 valence electrons. The summed E-state index contributed by atoms with van der Waals surface area (Å²) in [7, 11) is 0. The first-order valence-corrected chi connectivity index (χ1v) is 7.96. The highest BCUT2D eigenvalue weighted by Crippen LogP contribution is 2.25. The number of hydrogen-bond acceptors (Lipinski definition) is 4. The van der Waals surface area contributed by atoms with Crippen molar-refractivity contribution in [3.05, 3.63) is 57.4 Å². The summed E-state index contributed by atoms with van der Waals surface area (Å²) < 4.78 is 5.95. The number of benzene rings is 1. The Labute approximate surface area is 150 Å². The molecule has 1 saturated heterocycles. The van der Waals surface area contributed by atoms with Gasteiger partial charge in [-0.3, -0.25) is 19.8 Å².